The van der Waals surface area contributed by atoms with Crippen LogP contribution in [0.1, 0.15) is 85.3 Å². The van der Waals surface area contributed by atoms with E-state index in [2.05, 4.69) is 88.3 Å². The van der Waals surface area contributed by atoms with Crippen molar-refractivity contribution in [3.8, 4) is 0 Å². The molecule has 4 nitrogen and oxygen atoms in total. The molecule has 1 atom stereocenters. The van der Waals surface area contributed by atoms with Crippen LogP contribution in [0.5, 0.6) is 0 Å². The minimum Gasteiger partial charge on any atom is -0.376 e. The number of ether oxygens (including phenoxy) is 1. The minimum absolute atomic E-state index is 0.0945. The summed E-state index contributed by atoms with van der Waals surface area (Å²) in [5, 5.41) is 8.34. The lowest BCUT2D eigenvalue weighted by Crippen LogP contribution is -2.63. The van der Waals surface area contributed by atoms with Crippen molar-refractivity contribution in [1.29, 1.82) is 0 Å². The van der Waals surface area contributed by atoms with E-state index in [0.717, 1.165) is 50.5 Å². The lowest BCUT2D eigenvalue weighted by atomic mass is 9.80. The number of benzene rings is 1. The summed E-state index contributed by atoms with van der Waals surface area (Å²) < 4.78 is 5.95. The first kappa shape index (κ1) is 24.5. The van der Waals surface area contributed by atoms with Crippen LogP contribution in [0, 0.1) is 0 Å². The highest BCUT2D eigenvalue weighted by Crippen LogP contribution is 2.29. The van der Waals surface area contributed by atoms with Crippen molar-refractivity contribution < 1.29 is 4.74 Å². The van der Waals surface area contributed by atoms with Gasteiger partial charge in [-0.15, -0.1) is 0 Å². The molecule has 1 aromatic rings. The quantitative estimate of drug-likeness (QED) is 0.613. The molecule has 0 aromatic heterocycles. The van der Waals surface area contributed by atoms with Crippen molar-refractivity contribution >= 4 is 17.3 Å². The predicted octanol–water partition coefficient (Wildman–Crippen LogP) is 5.15. The van der Waals surface area contributed by atoms with Gasteiger partial charge in [-0.25, -0.2) is 0 Å². The van der Waals surface area contributed by atoms with Gasteiger partial charge in [-0.2, -0.15) is 0 Å². The molecule has 2 heterocycles. The smallest absolute Gasteiger partial charge is 0.169 e. The molecule has 0 amide bonds. The zero-order chi connectivity index (χ0) is 22.9. The number of hydrogen-bond acceptors (Lipinski definition) is 3. The molecule has 2 aliphatic heterocycles. The Morgan fingerprint density at radius 1 is 1.13 bits per heavy atom. The standard InChI is InChI=1S/C26H43N3OS/c1-24(2,3)20-12-10-19(11-13-20)17-29(18-22-9-8-14-30-22)23(31)27-21-15-25(4,5)28-26(6,7)16-21/h10-13,21-22,28H,8-9,14-18H2,1-7H3,(H,27,31). The average Bonchev–Trinajstić information content (AvgIpc) is 3.11. The maximum absolute atomic E-state index is 5.96. The van der Waals surface area contributed by atoms with Crippen molar-refractivity contribution in [2.45, 2.75) is 109 Å². The highest BCUT2D eigenvalue weighted by atomic mass is 32.1. The summed E-state index contributed by atoms with van der Waals surface area (Å²) in [5.41, 5.74) is 3.01. The molecule has 0 radical (unpaired) electrons. The second-order valence-corrected chi connectivity index (χ2v) is 12.3. The number of rotatable bonds is 5. The Kier molecular flexibility index (Phi) is 7.39. The number of hydrogen-bond donors (Lipinski definition) is 2. The summed E-state index contributed by atoms with van der Waals surface area (Å²) in [6.45, 7) is 18.4. The molecule has 0 spiro atoms. The van der Waals surface area contributed by atoms with Gasteiger partial charge in [-0.1, -0.05) is 45.0 Å². The van der Waals surface area contributed by atoms with Crippen LogP contribution in [0.3, 0.4) is 0 Å². The zero-order valence-electron chi connectivity index (χ0n) is 20.7. The Balaban J connectivity index is 1.71. The lowest BCUT2D eigenvalue weighted by Gasteiger charge is -2.47. The molecule has 1 aromatic carbocycles. The molecule has 1 unspecified atom stereocenters. The first-order valence-corrected chi connectivity index (χ1v) is 12.3. The van der Waals surface area contributed by atoms with Gasteiger partial charge >= 0.3 is 0 Å². The predicted molar refractivity (Wildman–Crippen MR) is 135 cm³/mol. The van der Waals surface area contributed by atoms with Gasteiger partial charge in [-0.3, -0.25) is 0 Å². The third-order valence-electron chi connectivity index (χ3n) is 6.45. The monoisotopic (exact) mass is 445 g/mol. The molecule has 2 aliphatic rings. The summed E-state index contributed by atoms with van der Waals surface area (Å²) in [7, 11) is 0. The van der Waals surface area contributed by atoms with Crippen LogP contribution in [0.2, 0.25) is 0 Å². The van der Waals surface area contributed by atoms with Gasteiger partial charge in [-0.05, 0) is 82.1 Å². The molecule has 0 aliphatic carbocycles. The van der Waals surface area contributed by atoms with Gasteiger partial charge in [0, 0.05) is 36.8 Å². The fourth-order valence-electron chi connectivity index (χ4n) is 5.27. The number of thiocarbonyl (C=S) groups is 1. The van der Waals surface area contributed by atoms with Gasteiger partial charge in [0.25, 0.3) is 0 Å². The van der Waals surface area contributed by atoms with Crippen LogP contribution in [0.4, 0.5) is 0 Å². The van der Waals surface area contributed by atoms with Crippen LogP contribution < -0.4 is 10.6 Å². The van der Waals surface area contributed by atoms with Crippen LogP contribution in [-0.4, -0.2) is 46.4 Å². The second kappa shape index (κ2) is 9.36. The highest BCUT2D eigenvalue weighted by molar-refractivity contribution is 7.80. The summed E-state index contributed by atoms with van der Waals surface area (Å²) in [5.74, 6) is 0. The normalized spacial score (nSPS) is 23.5. The lowest BCUT2D eigenvalue weighted by molar-refractivity contribution is 0.0887. The van der Waals surface area contributed by atoms with Crippen LogP contribution in [0.15, 0.2) is 24.3 Å². The number of piperidine rings is 1. The van der Waals surface area contributed by atoms with E-state index in [-0.39, 0.29) is 22.6 Å². The Bertz CT molecular complexity index is 729. The summed E-state index contributed by atoms with van der Waals surface area (Å²) >= 11 is 5.96. The van der Waals surface area contributed by atoms with Crippen LogP contribution in [0.25, 0.3) is 0 Å². The largest absolute Gasteiger partial charge is 0.376 e. The Morgan fingerprint density at radius 2 is 1.74 bits per heavy atom. The van der Waals surface area contributed by atoms with E-state index in [1.165, 1.54) is 11.1 Å². The van der Waals surface area contributed by atoms with E-state index in [1.54, 1.807) is 0 Å². The van der Waals surface area contributed by atoms with Crippen LogP contribution >= 0.6 is 12.2 Å². The van der Waals surface area contributed by atoms with E-state index in [4.69, 9.17) is 17.0 Å². The molecular formula is C26H43N3OS. The molecule has 31 heavy (non-hydrogen) atoms. The molecule has 5 heteroatoms. The van der Waals surface area contributed by atoms with Gasteiger partial charge in [0.2, 0.25) is 0 Å². The fourth-order valence-corrected chi connectivity index (χ4v) is 5.58. The maximum Gasteiger partial charge on any atom is 0.169 e. The van der Waals surface area contributed by atoms with Crippen molar-refractivity contribution in [3.63, 3.8) is 0 Å². The molecule has 2 N–H and O–H groups in total. The van der Waals surface area contributed by atoms with E-state index >= 15 is 0 Å². The molecule has 2 saturated heterocycles. The van der Waals surface area contributed by atoms with Gasteiger partial charge in [0.15, 0.2) is 5.11 Å². The van der Waals surface area contributed by atoms with Crippen molar-refractivity contribution in [2.24, 2.45) is 0 Å². The van der Waals surface area contributed by atoms with E-state index < -0.39 is 0 Å². The third-order valence-corrected chi connectivity index (χ3v) is 6.82. The van der Waals surface area contributed by atoms with Crippen molar-refractivity contribution in [1.82, 2.24) is 15.5 Å². The molecule has 174 valence electrons. The Labute approximate surface area is 195 Å². The van der Waals surface area contributed by atoms with Crippen molar-refractivity contribution in [3.05, 3.63) is 35.4 Å². The zero-order valence-corrected chi connectivity index (χ0v) is 21.5. The van der Waals surface area contributed by atoms with Crippen molar-refractivity contribution in [2.75, 3.05) is 13.2 Å². The fraction of sp³-hybridized carbons (Fsp3) is 0.731. The van der Waals surface area contributed by atoms with E-state index in [9.17, 15) is 0 Å². The van der Waals surface area contributed by atoms with E-state index in [0.29, 0.717) is 6.04 Å². The average molecular weight is 446 g/mol. The third kappa shape index (κ3) is 7.16. The first-order chi connectivity index (χ1) is 14.3. The molecule has 3 rings (SSSR count). The summed E-state index contributed by atoms with van der Waals surface area (Å²) in [6, 6.07) is 9.39. The first-order valence-electron chi connectivity index (χ1n) is 11.9. The van der Waals surface area contributed by atoms with Gasteiger partial charge < -0.3 is 20.3 Å². The Morgan fingerprint density at radius 3 is 2.26 bits per heavy atom. The second-order valence-electron chi connectivity index (χ2n) is 11.9. The maximum atomic E-state index is 5.96. The topological polar surface area (TPSA) is 36.5 Å². The summed E-state index contributed by atoms with van der Waals surface area (Å²) in [6.07, 6.45) is 4.66. The number of nitrogens with one attached hydrogen (secondary N) is 2. The Hall–Kier alpha value is -1.17. The minimum atomic E-state index is 0.0945. The van der Waals surface area contributed by atoms with Gasteiger partial charge in [0.1, 0.15) is 0 Å². The molecule has 0 saturated carbocycles. The SMILES string of the molecule is CC1(C)CC(NC(=S)N(Cc2ccc(C(C)(C)C)cc2)CC2CCCO2)CC(C)(C)N1. The molecular weight excluding hydrogens is 402 g/mol. The number of nitrogens with zero attached hydrogens (tertiary/aromatic N) is 1. The van der Waals surface area contributed by atoms with Crippen LogP contribution in [-0.2, 0) is 16.7 Å². The van der Waals surface area contributed by atoms with E-state index in [1.807, 2.05) is 0 Å². The highest BCUT2D eigenvalue weighted by Gasteiger charge is 2.38. The molecule has 2 fully saturated rings. The van der Waals surface area contributed by atoms with Gasteiger partial charge in [0.05, 0.1) is 6.10 Å². The molecule has 0 bridgehead atoms. The summed E-state index contributed by atoms with van der Waals surface area (Å²) in [4.78, 5) is 2.32.